The summed E-state index contributed by atoms with van der Waals surface area (Å²) in [5, 5.41) is 3.40. The Morgan fingerprint density at radius 2 is 1.80 bits per heavy atom. The molecule has 0 unspecified atom stereocenters. The van der Waals surface area contributed by atoms with Gasteiger partial charge in [0.2, 0.25) is 5.88 Å². The summed E-state index contributed by atoms with van der Waals surface area (Å²) in [4.78, 5) is 4.38. The monoisotopic (exact) mass is 270 g/mol. The summed E-state index contributed by atoms with van der Waals surface area (Å²) in [7, 11) is 1.63. The summed E-state index contributed by atoms with van der Waals surface area (Å²) in [5.74, 6) is 1.24. The third-order valence-corrected chi connectivity index (χ3v) is 3.27. The van der Waals surface area contributed by atoms with Crippen LogP contribution < -0.4 is 10.1 Å². The molecule has 0 amide bonds. The number of hydrogen-bond acceptors (Lipinski definition) is 3. The predicted octanol–water partition coefficient (Wildman–Crippen LogP) is 3.50. The van der Waals surface area contributed by atoms with Gasteiger partial charge in [-0.1, -0.05) is 44.2 Å². The third-order valence-electron chi connectivity index (χ3n) is 3.27. The van der Waals surface area contributed by atoms with Gasteiger partial charge in [0, 0.05) is 19.2 Å². The van der Waals surface area contributed by atoms with Gasteiger partial charge in [0.1, 0.15) is 0 Å². The molecule has 0 saturated carbocycles. The summed E-state index contributed by atoms with van der Waals surface area (Å²) in [6.45, 7) is 6.00. The second kappa shape index (κ2) is 7.06. The second-order valence-corrected chi connectivity index (χ2v) is 5.17. The highest BCUT2D eigenvalue weighted by molar-refractivity contribution is 5.24. The van der Waals surface area contributed by atoms with E-state index in [9.17, 15) is 0 Å². The van der Waals surface area contributed by atoms with E-state index in [0.717, 1.165) is 18.8 Å². The summed E-state index contributed by atoms with van der Waals surface area (Å²) in [5.41, 5.74) is 3.66. The maximum Gasteiger partial charge on any atom is 0.213 e. The zero-order valence-corrected chi connectivity index (χ0v) is 12.4. The zero-order valence-electron chi connectivity index (χ0n) is 12.4. The van der Waals surface area contributed by atoms with E-state index in [1.54, 1.807) is 7.11 Å². The molecule has 0 aliphatic carbocycles. The fourth-order valence-electron chi connectivity index (χ4n) is 2.03. The Morgan fingerprint density at radius 1 is 1.05 bits per heavy atom. The fourth-order valence-corrected chi connectivity index (χ4v) is 2.03. The largest absolute Gasteiger partial charge is 0.481 e. The lowest BCUT2D eigenvalue weighted by molar-refractivity contribution is 0.395. The number of nitrogens with zero attached hydrogens (tertiary/aromatic N) is 1. The smallest absolute Gasteiger partial charge is 0.213 e. The van der Waals surface area contributed by atoms with Crippen LogP contribution in [0.1, 0.15) is 36.6 Å². The van der Waals surface area contributed by atoms with Crippen LogP contribution in [0, 0.1) is 0 Å². The van der Waals surface area contributed by atoms with Crippen molar-refractivity contribution in [3.05, 3.63) is 59.3 Å². The van der Waals surface area contributed by atoms with Gasteiger partial charge < -0.3 is 10.1 Å². The van der Waals surface area contributed by atoms with Crippen LogP contribution in [-0.2, 0) is 13.1 Å². The maximum atomic E-state index is 5.12. The summed E-state index contributed by atoms with van der Waals surface area (Å²) >= 11 is 0. The minimum Gasteiger partial charge on any atom is -0.481 e. The molecule has 2 aromatic rings. The minimum atomic E-state index is 0.581. The van der Waals surface area contributed by atoms with E-state index in [1.165, 1.54) is 11.1 Å². The van der Waals surface area contributed by atoms with Crippen molar-refractivity contribution in [3.8, 4) is 5.88 Å². The lowest BCUT2D eigenvalue weighted by Gasteiger charge is -2.08. The molecule has 3 nitrogen and oxygen atoms in total. The molecule has 1 aromatic heterocycles. The number of aromatic nitrogens is 1. The van der Waals surface area contributed by atoms with Crippen LogP contribution in [0.15, 0.2) is 42.5 Å². The van der Waals surface area contributed by atoms with Crippen LogP contribution in [0.4, 0.5) is 0 Å². The van der Waals surface area contributed by atoms with E-state index in [1.807, 2.05) is 18.2 Å². The van der Waals surface area contributed by atoms with Crippen LogP contribution >= 0.6 is 0 Å². The highest BCUT2D eigenvalue weighted by Crippen LogP contribution is 2.14. The Bertz CT molecular complexity index is 535. The average molecular weight is 270 g/mol. The van der Waals surface area contributed by atoms with Crippen molar-refractivity contribution < 1.29 is 4.74 Å². The average Bonchev–Trinajstić information content (AvgIpc) is 2.48. The molecule has 0 spiro atoms. The first kappa shape index (κ1) is 14.5. The number of methoxy groups -OCH3 is 1. The van der Waals surface area contributed by atoms with Crippen molar-refractivity contribution in [1.29, 1.82) is 0 Å². The van der Waals surface area contributed by atoms with Gasteiger partial charge in [-0.3, -0.25) is 0 Å². The lowest BCUT2D eigenvalue weighted by Crippen LogP contribution is -2.13. The number of pyridine rings is 1. The minimum absolute atomic E-state index is 0.581. The molecule has 0 radical (unpaired) electrons. The van der Waals surface area contributed by atoms with Gasteiger partial charge in [-0.2, -0.15) is 0 Å². The van der Waals surface area contributed by atoms with Crippen LogP contribution in [0.25, 0.3) is 0 Å². The standard InChI is InChI=1S/C17H22N2O/c1-13(2)15-9-7-14(8-10-15)11-18-12-16-5-4-6-17(19-16)20-3/h4-10,13,18H,11-12H2,1-3H3. The number of benzene rings is 1. The molecule has 1 N–H and O–H groups in total. The molecule has 106 valence electrons. The molecule has 0 atom stereocenters. The molecule has 1 heterocycles. The molecule has 0 aliphatic heterocycles. The Hall–Kier alpha value is -1.87. The molecule has 3 heteroatoms. The van der Waals surface area contributed by atoms with Gasteiger partial charge in [-0.05, 0) is 23.1 Å². The predicted molar refractivity (Wildman–Crippen MR) is 81.9 cm³/mol. The molecule has 0 saturated heterocycles. The number of ether oxygens (including phenoxy) is 1. The molecule has 0 fully saturated rings. The molecule has 0 aliphatic rings. The Balaban J connectivity index is 1.86. The van der Waals surface area contributed by atoms with E-state index in [2.05, 4.69) is 48.4 Å². The fraction of sp³-hybridized carbons (Fsp3) is 0.353. The summed E-state index contributed by atoms with van der Waals surface area (Å²) in [6.07, 6.45) is 0. The van der Waals surface area contributed by atoms with E-state index in [-0.39, 0.29) is 0 Å². The van der Waals surface area contributed by atoms with Crippen LogP contribution in [0.2, 0.25) is 0 Å². The molecule has 1 aromatic carbocycles. The number of rotatable bonds is 6. The van der Waals surface area contributed by atoms with Gasteiger partial charge in [0.25, 0.3) is 0 Å². The van der Waals surface area contributed by atoms with Gasteiger partial charge in [-0.25, -0.2) is 4.98 Å². The van der Waals surface area contributed by atoms with Gasteiger partial charge in [0.05, 0.1) is 12.8 Å². The van der Waals surface area contributed by atoms with Crippen molar-refractivity contribution >= 4 is 0 Å². The van der Waals surface area contributed by atoms with Crippen molar-refractivity contribution in [2.75, 3.05) is 7.11 Å². The van der Waals surface area contributed by atoms with Crippen molar-refractivity contribution in [3.63, 3.8) is 0 Å². The van der Waals surface area contributed by atoms with Gasteiger partial charge in [-0.15, -0.1) is 0 Å². The third kappa shape index (κ3) is 4.07. The number of hydrogen-bond donors (Lipinski definition) is 1. The lowest BCUT2D eigenvalue weighted by atomic mass is 10.0. The van der Waals surface area contributed by atoms with E-state index in [0.29, 0.717) is 11.8 Å². The Kier molecular flexibility index (Phi) is 5.13. The highest BCUT2D eigenvalue weighted by atomic mass is 16.5. The van der Waals surface area contributed by atoms with Crippen LogP contribution in [0.3, 0.4) is 0 Å². The normalized spacial score (nSPS) is 10.8. The summed E-state index contributed by atoms with van der Waals surface area (Å²) in [6, 6.07) is 14.6. The highest BCUT2D eigenvalue weighted by Gasteiger charge is 2.00. The first-order valence-electron chi connectivity index (χ1n) is 6.98. The Labute approximate surface area is 121 Å². The second-order valence-electron chi connectivity index (χ2n) is 5.17. The quantitative estimate of drug-likeness (QED) is 0.872. The molecule has 0 bridgehead atoms. The molecular formula is C17H22N2O. The van der Waals surface area contributed by atoms with Crippen molar-refractivity contribution in [2.45, 2.75) is 32.9 Å². The molecule has 2 rings (SSSR count). The maximum absolute atomic E-state index is 5.12. The van der Waals surface area contributed by atoms with Crippen molar-refractivity contribution in [2.24, 2.45) is 0 Å². The summed E-state index contributed by atoms with van der Waals surface area (Å²) < 4.78 is 5.12. The van der Waals surface area contributed by atoms with E-state index in [4.69, 9.17) is 4.74 Å². The molecular weight excluding hydrogens is 248 g/mol. The number of nitrogens with one attached hydrogen (secondary N) is 1. The van der Waals surface area contributed by atoms with Gasteiger partial charge in [0.15, 0.2) is 0 Å². The SMILES string of the molecule is COc1cccc(CNCc2ccc(C(C)C)cc2)n1. The van der Waals surface area contributed by atoms with Crippen molar-refractivity contribution in [1.82, 2.24) is 10.3 Å². The first-order chi connectivity index (χ1) is 9.69. The first-order valence-corrected chi connectivity index (χ1v) is 6.98. The van der Waals surface area contributed by atoms with Crippen LogP contribution in [0.5, 0.6) is 5.88 Å². The zero-order chi connectivity index (χ0) is 14.4. The van der Waals surface area contributed by atoms with E-state index < -0.39 is 0 Å². The van der Waals surface area contributed by atoms with Crippen LogP contribution in [-0.4, -0.2) is 12.1 Å². The topological polar surface area (TPSA) is 34.1 Å². The molecule has 20 heavy (non-hydrogen) atoms. The van der Waals surface area contributed by atoms with Gasteiger partial charge >= 0.3 is 0 Å². The van der Waals surface area contributed by atoms with E-state index >= 15 is 0 Å². The Morgan fingerprint density at radius 3 is 2.45 bits per heavy atom.